The maximum Gasteiger partial charge on any atom is 0.197 e. The lowest BCUT2D eigenvalue weighted by Crippen LogP contribution is -2.07. The number of rotatable bonds is 8. The predicted molar refractivity (Wildman–Crippen MR) is 126 cm³/mol. The van der Waals surface area contributed by atoms with E-state index in [0.29, 0.717) is 41.5 Å². The summed E-state index contributed by atoms with van der Waals surface area (Å²) in [5.41, 5.74) is 1.86. The summed E-state index contributed by atoms with van der Waals surface area (Å²) in [6.07, 6.45) is 3.62. The van der Waals surface area contributed by atoms with Gasteiger partial charge in [-0.1, -0.05) is 38.4 Å². The molecule has 142 valence electrons. The molecule has 5 heteroatoms. The second kappa shape index (κ2) is 9.41. The van der Waals surface area contributed by atoms with Gasteiger partial charge in [0, 0.05) is 17.4 Å². The zero-order valence-corrected chi connectivity index (χ0v) is 19.7. The molecule has 2 aromatic carbocycles. The van der Waals surface area contributed by atoms with Crippen LogP contribution in [0, 0.1) is 7.14 Å². The Morgan fingerprint density at radius 1 is 1.19 bits per heavy atom. The van der Waals surface area contributed by atoms with E-state index in [1.54, 1.807) is 12.1 Å². The summed E-state index contributed by atoms with van der Waals surface area (Å²) < 4.78 is 21.5. The quantitative estimate of drug-likeness (QED) is 0.210. The Labute approximate surface area is 188 Å². The van der Waals surface area contributed by atoms with E-state index in [1.165, 1.54) is 0 Å². The SMILES string of the molecule is [3H]c1ccc2c(C(=O)c3cc(I)c(OCCC)c(I)c3)c(CCCC)oc2c1. The van der Waals surface area contributed by atoms with E-state index in [2.05, 4.69) is 59.0 Å². The topological polar surface area (TPSA) is 39.4 Å². The Morgan fingerprint density at radius 3 is 2.59 bits per heavy atom. The van der Waals surface area contributed by atoms with Crippen molar-refractivity contribution in [3.8, 4) is 5.75 Å². The number of furan rings is 1. The highest BCUT2D eigenvalue weighted by atomic mass is 127. The number of carbonyl (C=O) groups is 1. The van der Waals surface area contributed by atoms with Gasteiger partial charge in [0.2, 0.25) is 0 Å². The van der Waals surface area contributed by atoms with Crippen molar-refractivity contribution in [3.63, 3.8) is 0 Å². The van der Waals surface area contributed by atoms with Gasteiger partial charge in [0.15, 0.2) is 5.78 Å². The summed E-state index contributed by atoms with van der Waals surface area (Å²) >= 11 is 4.45. The van der Waals surface area contributed by atoms with E-state index in [0.717, 1.165) is 37.5 Å². The molecular formula is C22H22I2O3. The van der Waals surface area contributed by atoms with E-state index in [4.69, 9.17) is 10.5 Å². The molecule has 0 N–H and O–H groups in total. The number of fused-ring (bicyclic) bond motifs is 1. The molecule has 0 amide bonds. The molecule has 0 unspecified atom stereocenters. The van der Waals surface area contributed by atoms with Crippen LogP contribution in [0.1, 0.15) is 56.2 Å². The van der Waals surface area contributed by atoms with Gasteiger partial charge in [0.25, 0.3) is 0 Å². The van der Waals surface area contributed by atoms with Gasteiger partial charge in [0.05, 0.1) is 20.7 Å². The number of benzene rings is 2. The van der Waals surface area contributed by atoms with Crippen LogP contribution >= 0.6 is 45.2 Å². The molecule has 1 heterocycles. The first-order valence-corrected chi connectivity index (χ1v) is 11.3. The number of aryl methyl sites for hydroxylation is 1. The highest BCUT2D eigenvalue weighted by Crippen LogP contribution is 2.33. The third kappa shape index (κ3) is 4.50. The molecule has 0 fully saturated rings. The third-order valence-electron chi connectivity index (χ3n) is 4.30. The third-order valence-corrected chi connectivity index (χ3v) is 5.91. The lowest BCUT2D eigenvalue weighted by atomic mass is 9.98. The monoisotopic (exact) mass is 590 g/mol. The molecule has 3 aromatic rings. The Kier molecular flexibility index (Phi) is 6.70. The fourth-order valence-electron chi connectivity index (χ4n) is 2.98. The van der Waals surface area contributed by atoms with E-state index in [9.17, 15) is 4.79 Å². The molecule has 0 atom stereocenters. The van der Waals surface area contributed by atoms with Crippen molar-refractivity contribution in [1.29, 1.82) is 0 Å². The van der Waals surface area contributed by atoms with Crippen molar-refractivity contribution >= 4 is 61.9 Å². The van der Waals surface area contributed by atoms with Gasteiger partial charge in [0.1, 0.15) is 17.1 Å². The Morgan fingerprint density at radius 2 is 1.93 bits per heavy atom. The van der Waals surface area contributed by atoms with Crippen LogP contribution in [0.4, 0.5) is 0 Å². The van der Waals surface area contributed by atoms with Gasteiger partial charge in [-0.3, -0.25) is 4.79 Å². The molecule has 0 bridgehead atoms. The lowest BCUT2D eigenvalue weighted by Gasteiger charge is -2.11. The first-order chi connectivity index (χ1) is 13.5. The van der Waals surface area contributed by atoms with Crippen molar-refractivity contribution in [2.75, 3.05) is 6.61 Å². The molecule has 0 saturated carbocycles. The van der Waals surface area contributed by atoms with Crippen molar-refractivity contribution < 1.29 is 15.3 Å². The summed E-state index contributed by atoms with van der Waals surface area (Å²) in [5, 5.41) is 0.781. The number of hydrogen-bond donors (Lipinski definition) is 0. The number of carbonyl (C=O) groups excluding carboxylic acids is 1. The standard InChI is InChI=1S/C22H22I2O3/c1-3-5-9-19-20(15-8-6-7-10-18(15)27-19)21(25)14-12-16(23)22(17(24)13-14)26-11-4-2/h6-8,10,12-13H,3-5,9,11H2,1-2H3/i7T. The average molecular weight is 590 g/mol. The van der Waals surface area contributed by atoms with Crippen LogP contribution in [0.25, 0.3) is 11.0 Å². The minimum atomic E-state index is -0.0412. The number of ketones is 1. The van der Waals surface area contributed by atoms with Gasteiger partial charge in [-0.25, -0.2) is 0 Å². The van der Waals surface area contributed by atoms with Crippen LogP contribution in [-0.2, 0) is 6.42 Å². The highest BCUT2D eigenvalue weighted by Gasteiger charge is 2.23. The molecular weight excluding hydrogens is 566 g/mol. The van der Waals surface area contributed by atoms with Crippen LogP contribution in [-0.4, -0.2) is 12.4 Å². The van der Waals surface area contributed by atoms with E-state index >= 15 is 0 Å². The van der Waals surface area contributed by atoms with E-state index in [1.807, 2.05) is 18.2 Å². The van der Waals surface area contributed by atoms with E-state index in [-0.39, 0.29) is 5.78 Å². The van der Waals surface area contributed by atoms with Crippen molar-refractivity contribution in [3.05, 3.63) is 60.4 Å². The largest absolute Gasteiger partial charge is 0.491 e. The van der Waals surface area contributed by atoms with Gasteiger partial charge in [-0.2, -0.15) is 0 Å². The molecule has 3 nitrogen and oxygen atoms in total. The fraction of sp³-hybridized carbons (Fsp3) is 0.318. The first kappa shape index (κ1) is 19.2. The normalized spacial score (nSPS) is 11.6. The smallest absolute Gasteiger partial charge is 0.197 e. The predicted octanol–water partition coefficient (Wildman–Crippen LogP) is 7.00. The van der Waals surface area contributed by atoms with Crippen molar-refractivity contribution in [1.82, 2.24) is 0 Å². The van der Waals surface area contributed by atoms with Crippen LogP contribution in [0.5, 0.6) is 5.75 Å². The summed E-state index contributed by atoms with van der Waals surface area (Å²) in [7, 11) is 0. The van der Waals surface area contributed by atoms with Crippen LogP contribution in [0.15, 0.2) is 40.8 Å². The molecule has 0 aliphatic carbocycles. The Bertz CT molecular complexity index is 987. The number of hydrogen-bond acceptors (Lipinski definition) is 3. The second-order valence-corrected chi connectivity index (χ2v) is 8.70. The zero-order valence-electron chi connectivity index (χ0n) is 16.4. The summed E-state index contributed by atoms with van der Waals surface area (Å²) in [5.74, 6) is 1.51. The van der Waals surface area contributed by atoms with Gasteiger partial charge >= 0.3 is 0 Å². The van der Waals surface area contributed by atoms with Gasteiger partial charge in [-0.15, -0.1) is 0 Å². The van der Waals surface area contributed by atoms with Crippen molar-refractivity contribution in [2.24, 2.45) is 0 Å². The first-order valence-electron chi connectivity index (χ1n) is 9.64. The molecule has 0 aliphatic rings. The number of para-hydroxylation sites is 1. The minimum absolute atomic E-state index is 0.0412. The minimum Gasteiger partial charge on any atom is -0.491 e. The molecule has 1 aromatic heterocycles. The number of unbranched alkanes of at least 4 members (excludes halogenated alkanes) is 1. The maximum atomic E-state index is 13.5. The Hall–Kier alpha value is -1.09. The van der Waals surface area contributed by atoms with Crippen LogP contribution in [0.3, 0.4) is 0 Å². The molecule has 27 heavy (non-hydrogen) atoms. The molecule has 0 spiro atoms. The molecule has 3 rings (SSSR count). The molecule has 0 aliphatic heterocycles. The lowest BCUT2D eigenvalue weighted by molar-refractivity contribution is 0.103. The van der Waals surface area contributed by atoms with Gasteiger partial charge in [-0.05, 0) is 76.2 Å². The Balaban J connectivity index is 2.07. The zero-order chi connectivity index (χ0) is 20.3. The summed E-state index contributed by atoms with van der Waals surface area (Å²) in [4.78, 5) is 13.5. The highest BCUT2D eigenvalue weighted by molar-refractivity contribution is 14.1. The van der Waals surface area contributed by atoms with Crippen molar-refractivity contribution in [2.45, 2.75) is 39.5 Å². The van der Waals surface area contributed by atoms with Gasteiger partial charge < -0.3 is 9.15 Å². The van der Waals surface area contributed by atoms with E-state index < -0.39 is 0 Å². The van der Waals surface area contributed by atoms with Crippen LogP contribution < -0.4 is 4.74 Å². The second-order valence-electron chi connectivity index (χ2n) is 6.37. The maximum absolute atomic E-state index is 13.5. The molecule has 0 saturated heterocycles. The van der Waals surface area contributed by atoms with Crippen LogP contribution in [0.2, 0.25) is 0 Å². The number of halogens is 2. The average Bonchev–Trinajstić information content (AvgIpc) is 3.02. The summed E-state index contributed by atoms with van der Waals surface area (Å²) in [6, 6.07) is 9.35. The molecule has 0 radical (unpaired) electrons. The fourth-order valence-corrected chi connectivity index (χ4v) is 5.06. The number of ether oxygens (including phenoxy) is 1. The summed E-state index contributed by atoms with van der Waals surface area (Å²) in [6.45, 7) is 4.84.